The van der Waals surface area contributed by atoms with Crippen molar-refractivity contribution in [2.24, 2.45) is 5.92 Å². The first-order chi connectivity index (χ1) is 7.68. The molecule has 2 aliphatic rings. The van der Waals surface area contributed by atoms with E-state index in [1.54, 1.807) is 11.8 Å². The van der Waals surface area contributed by atoms with Crippen molar-refractivity contribution in [1.82, 2.24) is 10.2 Å². The zero-order valence-electron chi connectivity index (χ0n) is 9.87. The summed E-state index contributed by atoms with van der Waals surface area (Å²) in [5, 5.41) is 2.84. The number of rotatable bonds is 3. The smallest absolute Gasteiger partial charge is 0.244 e. The standard InChI is InChI=1S/C12H20N2O2/c1-9(12(16)14-7-4-8-14)13-11(15)10-5-2-3-6-10/h9-10H,2-8H2,1H3,(H,13,15)/t9-/m0/s1. The van der Waals surface area contributed by atoms with E-state index in [1.807, 2.05) is 0 Å². The maximum absolute atomic E-state index is 11.8. The summed E-state index contributed by atoms with van der Waals surface area (Å²) in [5.74, 6) is 0.281. The van der Waals surface area contributed by atoms with Gasteiger partial charge in [0.05, 0.1) is 0 Å². The zero-order valence-corrected chi connectivity index (χ0v) is 9.87. The lowest BCUT2D eigenvalue weighted by atomic mass is 10.1. The van der Waals surface area contributed by atoms with Gasteiger partial charge in [-0.25, -0.2) is 0 Å². The largest absolute Gasteiger partial charge is 0.344 e. The summed E-state index contributed by atoms with van der Waals surface area (Å²) in [6.07, 6.45) is 5.35. The predicted octanol–water partition coefficient (Wildman–Crippen LogP) is 0.914. The first kappa shape index (κ1) is 11.4. The van der Waals surface area contributed by atoms with Crippen molar-refractivity contribution in [3.05, 3.63) is 0 Å². The van der Waals surface area contributed by atoms with Gasteiger partial charge in [-0.05, 0) is 26.2 Å². The van der Waals surface area contributed by atoms with E-state index in [1.165, 1.54) is 0 Å². The van der Waals surface area contributed by atoms with Crippen LogP contribution in [0.4, 0.5) is 0 Å². The molecule has 1 aliphatic heterocycles. The van der Waals surface area contributed by atoms with Gasteiger partial charge in [0.15, 0.2) is 0 Å². The summed E-state index contributed by atoms with van der Waals surface area (Å²) in [6.45, 7) is 3.48. The zero-order chi connectivity index (χ0) is 11.5. The molecule has 1 saturated carbocycles. The fourth-order valence-corrected chi connectivity index (χ4v) is 2.39. The molecular formula is C12H20N2O2. The average Bonchev–Trinajstić information content (AvgIpc) is 2.67. The molecule has 2 rings (SSSR count). The van der Waals surface area contributed by atoms with Crippen molar-refractivity contribution < 1.29 is 9.59 Å². The topological polar surface area (TPSA) is 49.4 Å². The van der Waals surface area contributed by atoms with E-state index in [4.69, 9.17) is 0 Å². The van der Waals surface area contributed by atoms with Crippen LogP contribution >= 0.6 is 0 Å². The molecule has 16 heavy (non-hydrogen) atoms. The summed E-state index contributed by atoms with van der Waals surface area (Å²) in [6, 6.07) is -0.353. The average molecular weight is 224 g/mol. The molecule has 1 atom stereocenters. The van der Waals surface area contributed by atoms with Gasteiger partial charge >= 0.3 is 0 Å². The molecule has 1 aliphatic carbocycles. The lowest BCUT2D eigenvalue weighted by Gasteiger charge is -2.33. The van der Waals surface area contributed by atoms with E-state index in [0.29, 0.717) is 0 Å². The molecule has 1 heterocycles. The Morgan fingerprint density at radius 1 is 1.19 bits per heavy atom. The molecule has 90 valence electrons. The number of hydrogen-bond acceptors (Lipinski definition) is 2. The molecule has 2 fully saturated rings. The fourth-order valence-electron chi connectivity index (χ4n) is 2.39. The normalized spacial score (nSPS) is 22.7. The van der Waals surface area contributed by atoms with E-state index in [2.05, 4.69) is 5.32 Å². The summed E-state index contributed by atoms with van der Waals surface area (Å²) in [7, 11) is 0. The predicted molar refractivity (Wildman–Crippen MR) is 60.8 cm³/mol. The van der Waals surface area contributed by atoms with Crippen LogP contribution in [0.3, 0.4) is 0 Å². The van der Waals surface area contributed by atoms with E-state index in [0.717, 1.165) is 45.2 Å². The van der Waals surface area contributed by atoms with Crippen LogP contribution in [-0.2, 0) is 9.59 Å². The van der Waals surface area contributed by atoms with Gasteiger partial charge < -0.3 is 10.2 Å². The van der Waals surface area contributed by atoms with Crippen molar-refractivity contribution in [1.29, 1.82) is 0 Å². The molecule has 0 unspecified atom stereocenters. The molecule has 4 heteroatoms. The Labute approximate surface area is 96.4 Å². The van der Waals surface area contributed by atoms with Crippen molar-refractivity contribution in [2.75, 3.05) is 13.1 Å². The third-order valence-corrected chi connectivity index (χ3v) is 3.62. The van der Waals surface area contributed by atoms with E-state index >= 15 is 0 Å². The first-order valence-electron chi connectivity index (χ1n) is 6.27. The van der Waals surface area contributed by atoms with E-state index in [9.17, 15) is 9.59 Å². The SMILES string of the molecule is C[C@H](NC(=O)C1CCCC1)C(=O)N1CCC1. The maximum Gasteiger partial charge on any atom is 0.244 e. The highest BCUT2D eigenvalue weighted by Gasteiger charge is 2.29. The minimum Gasteiger partial charge on any atom is -0.344 e. The number of nitrogens with one attached hydrogen (secondary N) is 1. The molecule has 1 saturated heterocycles. The number of nitrogens with zero attached hydrogens (tertiary/aromatic N) is 1. The summed E-state index contributed by atoms with van der Waals surface area (Å²) >= 11 is 0. The van der Waals surface area contributed by atoms with Crippen LogP contribution in [0, 0.1) is 5.92 Å². The second-order valence-corrected chi connectivity index (χ2v) is 4.89. The molecule has 0 bridgehead atoms. The van der Waals surface area contributed by atoms with Gasteiger partial charge in [-0.2, -0.15) is 0 Å². The van der Waals surface area contributed by atoms with Crippen LogP contribution in [0.2, 0.25) is 0 Å². The third-order valence-electron chi connectivity index (χ3n) is 3.62. The lowest BCUT2D eigenvalue weighted by Crippen LogP contribution is -2.52. The highest BCUT2D eigenvalue weighted by molar-refractivity contribution is 5.88. The fraction of sp³-hybridized carbons (Fsp3) is 0.833. The third kappa shape index (κ3) is 2.36. The van der Waals surface area contributed by atoms with Crippen LogP contribution in [0.15, 0.2) is 0 Å². The van der Waals surface area contributed by atoms with Gasteiger partial charge in [-0.15, -0.1) is 0 Å². The molecule has 0 aromatic heterocycles. The Balaban J connectivity index is 1.78. The second kappa shape index (κ2) is 4.85. The van der Waals surface area contributed by atoms with E-state index < -0.39 is 0 Å². The molecular weight excluding hydrogens is 204 g/mol. The van der Waals surface area contributed by atoms with Crippen LogP contribution < -0.4 is 5.32 Å². The number of amides is 2. The molecule has 0 radical (unpaired) electrons. The van der Waals surface area contributed by atoms with Crippen molar-refractivity contribution in [3.63, 3.8) is 0 Å². The first-order valence-corrected chi connectivity index (χ1v) is 6.27. The van der Waals surface area contributed by atoms with Crippen LogP contribution in [-0.4, -0.2) is 35.8 Å². The molecule has 0 aromatic rings. The summed E-state index contributed by atoms with van der Waals surface area (Å²) < 4.78 is 0. The maximum atomic E-state index is 11.8. The molecule has 0 aromatic carbocycles. The molecule has 4 nitrogen and oxygen atoms in total. The van der Waals surface area contributed by atoms with Gasteiger partial charge in [-0.3, -0.25) is 9.59 Å². The lowest BCUT2D eigenvalue weighted by molar-refractivity contribution is -0.139. The molecule has 1 N–H and O–H groups in total. The second-order valence-electron chi connectivity index (χ2n) is 4.89. The quantitative estimate of drug-likeness (QED) is 0.774. The Morgan fingerprint density at radius 3 is 2.31 bits per heavy atom. The Hall–Kier alpha value is -1.06. The Bertz CT molecular complexity index is 281. The van der Waals surface area contributed by atoms with Gasteiger partial charge in [0.25, 0.3) is 0 Å². The van der Waals surface area contributed by atoms with E-state index in [-0.39, 0.29) is 23.8 Å². The van der Waals surface area contributed by atoms with Crippen LogP contribution in [0.5, 0.6) is 0 Å². The molecule has 2 amide bonds. The van der Waals surface area contributed by atoms with Crippen LogP contribution in [0.1, 0.15) is 39.0 Å². The minimum atomic E-state index is -0.353. The van der Waals surface area contributed by atoms with Crippen molar-refractivity contribution in [2.45, 2.75) is 45.1 Å². The molecule has 0 spiro atoms. The Kier molecular flexibility index (Phi) is 3.46. The Morgan fingerprint density at radius 2 is 1.81 bits per heavy atom. The van der Waals surface area contributed by atoms with Crippen LogP contribution in [0.25, 0.3) is 0 Å². The number of carbonyl (C=O) groups is 2. The highest BCUT2D eigenvalue weighted by Crippen LogP contribution is 2.24. The summed E-state index contributed by atoms with van der Waals surface area (Å²) in [4.78, 5) is 25.4. The van der Waals surface area contributed by atoms with Gasteiger partial charge in [0.1, 0.15) is 6.04 Å². The van der Waals surface area contributed by atoms with Gasteiger partial charge in [0.2, 0.25) is 11.8 Å². The summed E-state index contributed by atoms with van der Waals surface area (Å²) in [5.41, 5.74) is 0. The van der Waals surface area contributed by atoms with Crippen molar-refractivity contribution >= 4 is 11.8 Å². The number of likely N-dealkylation sites (tertiary alicyclic amines) is 1. The van der Waals surface area contributed by atoms with Gasteiger partial charge in [0, 0.05) is 19.0 Å². The van der Waals surface area contributed by atoms with Gasteiger partial charge in [-0.1, -0.05) is 12.8 Å². The minimum absolute atomic E-state index is 0.0672. The van der Waals surface area contributed by atoms with Crippen molar-refractivity contribution in [3.8, 4) is 0 Å². The highest BCUT2D eigenvalue weighted by atomic mass is 16.2. The monoisotopic (exact) mass is 224 g/mol. The number of carbonyl (C=O) groups excluding carboxylic acids is 2. The number of hydrogen-bond donors (Lipinski definition) is 1.